The van der Waals surface area contributed by atoms with Gasteiger partial charge in [0.2, 0.25) is 0 Å². The van der Waals surface area contributed by atoms with Crippen LogP contribution < -0.4 is 5.56 Å². The second kappa shape index (κ2) is 8.74. The molecule has 1 aromatic heterocycles. The van der Waals surface area contributed by atoms with E-state index in [0.717, 1.165) is 22.0 Å². The van der Waals surface area contributed by atoms with E-state index in [-0.39, 0.29) is 18.1 Å². The van der Waals surface area contributed by atoms with Crippen molar-refractivity contribution in [2.45, 2.75) is 33.9 Å². The third-order valence-electron chi connectivity index (χ3n) is 4.96. The number of H-pyrrole nitrogens is 1. The number of nitrogens with one attached hydrogen (secondary N) is 1. The summed E-state index contributed by atoms with van der Waals surface area (Å²) in [4.78, 5) is 32.2. The second-order valence-electron chi connectivity index (χ2n) is 7.01. The number of carbonyl (C=O) groups is 1. The van der Waals surface area contributed by atoms with E-state index in [2.05, 4.69) is 4.98 Å². The van der Waals surface area contributed by atoms with Gasteiger partial charge in [-0.1, -0.05) is 42.0 Å². The molecule has 3 aromatic rings. The van der Waals surface area contributed by atoms with E-state index in [0.29, 0.717) is 25.2 Å². The SMILES string of the molecule is CCN(CC)C(=O)N(Cc1ccccc1)Cc1cc2cc(C)ccc2[nH]c1=O. The van der Waals surface area contributed by atoms with Crippen LogP contribution in [0.4, 0.5) is 4.79 Å². The number of rotatable bonds is 6. The molecule has 0 aliphatic heterocycles. The molecule has 0 radical (unpaired) electrons. The maximum absolute atomic E-state index is 13.1. The first-order valence-corrected chi connectivity index (χ1v) is 9.72. The summed E-state index contributed by atoms with van der Waals surface area (Å²) in [5.41, 5.74) is 3.42. The average molecular weight is 377 g/mol. The molecule has 0 aliphatic carbocycles. The Kier molecular flexibility index (Phi) is 6.14. The largest absolute Gasteiger partial charge is 0.325 e. The van der Waals surface area contributed by atoms with Crippen molar-refractivity contribution in [3.63, 3.8) is 0 Å². The lowest BCUT2D eigenvalue weighted by atomic mass is 10.1. The zero-order chi connectivity index (χ0) is 20.1. The molecular formula is C23H27N3O2. The summed E-state index contributed by atoms with van der Waals surface area (Å²) in [5, 5.41) is 0.976. The molecule has 146 valence electrons. The Hall–Kier alpha value is -3.08. The smallest absolute Gasteiger partial charge is 0.320 e. The summed E-state index contributed by atoms with van der Waals surface area (Å²) in [6, 6.07) is 17.6. The number of fused-ring (bicyclic) bond motifs is 1. The van der Waals surface area contributed by atoms with Gasteiger partial charge in [-0.3, -0.25) is 4.79 Å². The molecule has 0 atom stereocenters. The van der Waals surface area contributed by atoms with Crippen LogP contribution in [0.2, 0.25) is 0 Å². The predicted octanol–water partition coefficient (Wildman–Crippen LogP) is 4.30. The number of hydrogen-bond donors (Lipinski definition) is 1. The summed E-state index contributed by atoms with van der Waals surface area (Å²) in [6.45, 7) is 7.95. The molecule has 0 aliphatic rings. The molecule has 2 aromatic carbocycles. The number of benzene rings is 2. The van der Waals surface area contributed by atoms with Crippen LogP contribution in [-0.4, -0.2) is 33.9 Å². The van der Waals surface area contributed by atoms with E-state index in [1.54, 1.807) is 9.80 Å². The lowest BCUT2D eigenvalue weighted by molar-refractivity contribution is 0.151. The molecule has 0 bridgehead atoms. The molecule has 1 N–H and O–H groups in total. The van der Waals surface area contributed by atoms with Gasteiger partial charge in [-0.15, -0.1) is 0 Å². The van der Waals surface area contributed by atoms with Gasteiger partial charge in [0, 0.05) is 30.7 Å². The van der Waals surface area contributed by atoms with Crippen molar-refractivity contribution < 1.29 is 4.79 Å². The summed E-state index contributed by atoms with van der Waals surface area (Å²) >= 11 is 0. The van der Waals surface area contributed by atoms with Crippen LogP contribution in [0.25, 0.3) is 10.9 Å². The van der Waals surface area contributed by atoms with Gasteiger partial charge in [0.25, 0.3) is 5.56 Å². The van der Waals surface area contributed by atoms with E-state index in [1.807, 2.05) is 75.4 Å². The predicted molar refractivity (Wildman–Crippen MR) is 113 cm³/mol. The molecule has 3 rings (SSSR count). The molecule has 28 heavy (non-hydrogen) atoms. The topological polar surface area (TPSA) is 56.4 Å². The van der Waals surface area contributed by atoms with Crippen LogP contribution in [0.5, 0.6) is 0 Å². The summed E-state index contributed by atoms with van der Waals surface area (Å²) in [5.74, 6) is 0. The number of aromatic nitrogens is 1. The minimum Gasteiger partial charge on any atom is -0.325 e. The summed E-state index contributed by atoms with van der Waals surface area (Å²) < 4.78 is 0. The van der Waals surface area contributed by atoms with E-state index in [9.17, 15) is 9.59 Å². The molecule has 0 spiro atoms. The van der Waals surface area contributed by atoms with Crippen molar-refractivity contribution in [3.05, 3.63) is 81.6 Å². The maximum Gasteiger partial charge on any atom is 0.320 e. The molecule has 0 saturated carbocycles. The van der Waals surface area contributed by atoms with E-state index < -0.39 is 0 Å². The Balaban J connectivity index is 1.96. The van der Waals surface area contributed by atoms with Crippen LogP contribution in [0.1, 0.15) is 30.5 Å². The van der Waals surface area contributed by atoms with Gasteiger partial charge < -0.3 is 14.8 Å². The van der Waals surface area contributed by atoms with Gasteiger partial charge in [-0.2, -0.15) is 0 Å². The Morgan fingerprint density at radius 2 is 1.64 bits per heavy atom. The van der Waals surface area contributed by atoms with Gasteiger partial charge in [0.15, 0.2) is 0 Å². The van der Waals surface area contributed by atoms with E-state index >= 15 is 0 Å². The molecular weight excluding hydrogens is 350 g/mol. The zero-order valence-corrected chi connectivity index (χ0v) is 16.7. The first-order valence-electron chi connectivity index (χ1n) is 9.72. The Morgan fingerprint density at radius 1 is 0.929 bits per heavy atom. The fourth-order valence-corrected chi connectivity index (χ4v) is 3.38. The van der Waals surface area contributed by atoms with Gasteiger partial charge in [-0.05, 0) is 49.9 Å². The third kappa shape index (κ3) is 4.42. The summed E-state index contributed by atoms with van der Waals surface area (Å²) in [6.07, 6.45) is 0. The minimum atomic E-state index is -0.151. The zero-order valence-electron chi connectivity index (χ0n) is 16.7. The van der Waals surface area contributed by atoms with Crippen LogP contribution >= 0.6 is 0 Å². The number of aromatic amines is 1. The van der Waals surface area contributed by atoms with Crippen LogP contribution in [0, 0.1) is 6.92 Å². The fraction of sp³-hybridized carbons (Fsp3) is 0.304. The van der Waals surface area contributed by atoms with Gasteiger partial charge in [-0.25, -0.2) is 4.79 Å². The second-order valence-corrected chi connectivity index (χ2v) is 7.01. The molecule has 1 heterocycles. The Bertz CT molecular complexity index is 1010. The van der Waals surface area contributed by atoms with Crippen molar-refractivity contribution in [3.8, 4) is 0 Å². The van der Waals surface area contributed by atoms with Gasteiger partial charge in [0.1, 0.15) is 0 Å². The minimum absolute atomic E-state index is 0.0578. The van der Waals surface area contributed by atoms with Crippen molar-refractivity contribution in [2.75, 3.05) is 13.1 Å². The van der Waals surface area contributed by atoms with Crippen molar-refractivity contribution in [1.82, 2.24) is 14.8 Å². The van der Waals surface area contributed by atoms with Crippen molar-refractivity contribution >= 4 is 16.9 Å². The first-order chi connectivity index (χ1) is 13.5. The average Bonchev–Trinajstić information content (AvgIpc) is 2.70. The lowest BCUT2D eigenvalue weighted by Crippen LogP contribution is -2.43. The van der Waals surface area contributed by atoms with E-state index in [1.165, 1.54) is 0 Å². The highest BCUT2D eigenvalue weighted by Gasteiger charge is 2.20. The van der Waals surface area contributed by atoms with Crippen LogP contribution in [0.15, 0.2) is 59.4 Å². The highest BCUT2D eigenvalue weighted by molar-refractivity contribution is 5.80. The highest BCUT2D eigenvalue weighted by Crippen LogP contribution is 2.16. The number of carbonyl (C=O) groups excluding carboxylic acids is 1. The number of urea groups is 1. The standard InChI is InChI=1S/C23H27N3O2/c1-4-25(5-2)23(28)26(15-18-9-7-6-8-10-18)16-20-14-19-13-17(3)11-12-21(19)24-22(20)27/h6-14H,4-5,15-16H2,1-3H3,(H,24,27). The Morgan fingerprint density at radius 3 is 2.32 bits per heavy atom. The molecule has 5 nitrogen and oxygen atoms in total. The number of pyridine rings is 1. The number of hydrogen-bond acceptors (Lipinski definition) is 2. The fourth-order valence-electron chi connectivity index (χ4n) is 3.38. The van der Waals surface area contributed by atoms with Crippen molar-refractivity contribution in [1.29, 1.82) is 0 Å². The molecule has 5 heteroatoms. The van der Waals surface area contributed by atoms with E-state index in [4.69, 9.17) is 0 Å². The van der Waals surface area contributed by atoms with Crippen LogP contribution in [-0.2, 0) is 13.1 Å². The first kappa shape index (κ1) is 19.7. The number of aryl methyl sites for hydroxylation is 1. The lowest BCUT2D eigenvalue weighted by Gasteiger charge is -2.29. The van der Waals surface area contributed by atoms with Crippen LogP contribution in [0.3, 0.4) is 0 Å². The number of nitrogens with zero attached hydrogens (tertiary/aromatic N) is 2. The monoisotopic (exact) mass is 377 g/mol. The molecule has 0 fully saturated rings. The third-order valence-corrected chi connectivity index (χ3v) is 4.96. The highest BCUT2D eigenvalue weighted by atomic mass is 16.2. The molecule has 2 amide bonds. The van der Waals surface area contributed by atoms with Gasteiger partial charge >= 0.3 is 6.03 Å². The quantitative estimate of drug-likeness (QED) is 0.696. The normalized spacial score (nSPS) is 10.8. The molecule has 0 unspecified atom stereocenters. The summed E-state index contributed by atoms with van der Waals surface area (Å²) in [7, 11) is 0. The maximum atomic E-state index is 13.1. The molecule has 0 saturated heterocycles. The Labute approximate surface area is 165 Å². The number of amides is 2. The van der Waals surface area contributed by atoms with Crippen molar-refractivity contribution in [2.24, 2.45) is 0 Å². The van der Waals surface area contributed by atoms with Gasteiger partial charge in [0.05, 0.1) is 6.54 Å².